The largest absolute Gasteiger partial charge is 0.466 e. The minimum atomic E-state index is -0.177. The maximum absolute atomic E-state index is 11.1. The van der Waals surface area contributed by atoms with Gasteiger partial charge < -0.3 is 14.6 Å². The van der Waals surface area contributed by atoms with Gasteiger partial charge in [0.1, 0.15) is 0 Å². The molecule has 1 fully saturated rings. The second kappa shape index (κ2) is 5.13. The normalized spacial score (nSPS) is 27.6. The fraction of sp³-hybridized carbons (Fsp3) is 0.500. The van der Waals surface area contributed by atoms with Crippen molar-refractivity contribution in [2.24, 2.45) is 5.92 Å². The number of nitrogens with zero attached hydrogens (tertiary/aromatic N) is 1. The minimum Gasteiger partial charge on any atom is -0.466 e. The Hall–Kier alpha value is -1.81. The molecule has 2 aliphatic rings. The third-order valence-corrected chi connectivity index (χ3v) is 5.33. The zero-order valence-electron chi connectivity index (χ0n) is 13.1. The Labute approximate surface area is 130 Å². The minimum absolute atomic E-state index is 0.177. The number of fused-ring (bicyclic) bond motifs is 2. The number of piperidine rings is 1. The van der Waals surface area contributed by atoms with Gasteiger partial charge in [-0.1, -0.05) is 12.1 Å². The van der Waals surface area contributed by atoms with Crippen LogP contribution in [0.15, 0.2) is 24.4 Å². The van der Waals surface area contributed by atoms with Gasteiger partial charge in [-0.05, 0) is 37.1 Å². The van der Waals surface area contributed by atoms with E-state index in [4.69, 9.17) is 4.74 Å². The van der Waals surface area contributed by atoms with Crippen LogP contribution in [0.3, 0.4) is 0 Å². The molecule has 1 saturated heterocycles. The molecule has 4 rings (SSSR count). The van der Waals surface area contributed by atoms with Crippen molar-refractivity contribution < 1.29 is 9.53 Å². The summed E-state index contributed by atoms with van der Waals surface area (Å²) in [6, 6.07) is 7.14. The first-order chi connectivity index (χ1) is 10.6. The molecule has 0 spiro atoms. The van der Waals surface area contributed by atoms with Crippen molar-refractivity contribution in [2.75, 3.05) is 20.2 Å². The Balaban J connectivity index is 1.67. The summed E-state index contributed by atoms with van der Waals surface area (Å²) in [5.41, 5.74) is 4.15. The van der Waals surface area contributed by atoms with E-state index in [0.29, 0.717) is 24.5 Å². The van der Waals surface area contributed by atoms with E-state index in [1.165, 1.54) is 29.0 Å². The van der Waals surface area contributed by atoms with Gasteiger partial charge in [-0.25, -0.2) is 0 Å². The van der Waals surface area contributed by atoms with Gasteiger partial charge in [0.15, 0.2) is 0 Å². The first-order valence-corrected chi connectivity index (χ1v) is 8.06. The lowest BCUT2D eigenvalue weighted by molar-refractivity contribution is -0.143. The van der Waals surface area contributed by atoms with Crippen LogP contribution in [0.5, 0.6) is 0 Å². The second-order valence-electron chi connectivity index (χ2n) is 6.81. The molecule has 4 nitrogen and oxygen atoms in total. The van der Waals surface area contributed by atoms with Gasteiger partial charge in [0.25, 0.3) is 0 Å². The van der Waals surface area contributed by atoms with Crippen LogP contribution in [0.2, 0.25) is 0 Å². The predicted molar refractivity (Wildman–Crippen MR) is 85.9 cm³/mol. The van der Waals surface area contributed by atoms with Crippen LogP contribution in [0.4, 0.5) is 0 Å². The molecular formula is C18H22N2O2. The predicted octanol–water partition coefficient (Wildman–Crippen LogP) is 2.69. The fourth-order valence-electron chi connectivity index (χ4n) is 4.41. The molecule has 3 atom stereocenters. The Morgan fingerprint density at radius 3 is 3.14 bits per heavy atom. The summed E-state index contributed by atoms with van der Waals surface area (Å²) in [6.07, 6.45) is 4.38. The summed E-state index contributed by atoms with van der Waals surface area (Å²) in [5, 5.41) is 1.42. The average Bonchev–Trinajstić information content (AvgIpc) is 2.91. The highest BCUT2D eigenvalue weighted by Crippen LogP contribution is 2.44. The first kappa shape index (κ1) is 13.8. The summed E-state index contributed by atoms with van der Waals surface area (Å²) in [5.74, 6) is 0.778. The molecule has 1 aliphatic heterocycles. The van der Waals surface area contributed by atoms with E-state index >= 15 is 0 Å². The van der Waals surface area contributed by atoms with Gasteiger partial charge in [0.05, 0.1) is 6.61 Å². The lowest BCUT2D eigenvalue weighted by Gasteiger charge is -2.45. The molecule has 1 N–H and O–H groups in total. The number of carbonyl (C=O) groups excluding carboxylic acids is 1. The van der Waals surface area contributed by atoms with Crippen molar-refractivity contribution in [1.82, 2.24) is 9.88 Å². The third-order valence-electron chi connectivity index (χ3n) is 5.33. The van der Waals surface area contributed by atoms with Crippen LogP contribution in [0.25, 0.3) is 10.9 Å². The van der Waals surface area contributed by atoms with Gasteiger partial charge in [-0.15, -0.1) is 0 Å². The lowest BCUT2D eigenvalue weighted by atomic mass is 9.72. The van der Waals surface area contributed by atoms with E-state index < -0.39 is 0 Å². The van der Waals surface area contributed by atoms with Crippen molar-refractivity contribution in [3.05, 3.63) is 35.5 Å². The van der Waals surface area contributed by atoms with E-state index in [-0.39, 0.29) is 5.97 Å². The summed E-state index contributed by atoms with van der Waals surface area (Å²) in [6.45, 7) is 3.03. The number of ether oxygens (including phenoxy) is 1. The highest BCUT2D eigenvalue weighted by atomic mass is 16.5. The van der Waals surface area contributed by atoms with E-state index in [2.05, 4.69) is 41.3 Å². The van der Waals surface area contributed by atoms with Crippen LogP contribution in [-0.4, -0.2) is 42.1 Å². The molecule has 4 heteroatoms. The molecule has 1 aliphatic carbocycles. The molecule has 0 amide bonds. The molecule has 0 unspecified atom stereocenters. The number of aromatic amines is 1. The maximum atomic E-state index is 11.1. The van der Waals surface area contributed by atoms with Crippen molar-refractivity contribution in [2.45, 2.75) is 31.7 Å². The SMILES string of the molecule is CC(=O)OC[C@@H]1C[C@@H]2c3cccc4[nH]cc(c34)C[C@H]2N(C)C1. The highest BCUT2D eigenvalue weighted by Gasteiger charge is 2.39. The number of esters is 1. The number of H-pyrrole nitrogens is 1. The van der Waals surface area contributed by atoms with Crippen LogP contribution in [-0.2, 0) is 16.0 Å². The van der Waals surface area contributed by atoms with Crippen LogP contribution >= 0.6 is 0 Å². The molecule has 22 heavy (non-hydrogen) atoms. The Kier molecular flexibility index (Phi) is 3.22. The number of likely N-dealkylation sites (N-methyl/N-ethyl adjacent to an activating group) is 1. The molecule has 0 radical (unpaired) electrons. The summed E-state index contributed by atoms with van der Waals surface area (Å²) < 4.78 is 5.27. The molecular weight excluding hydrogens is 276 g/mol. The average molecular weight is 298 g/mol. The van der Waals surface area contributed by atoms with Gasteiger partial charge >= 0.3 is 5.97 Å². The third kappa shape index (κ3) is 2.13. The molecule has 0 bridgehead atoms. The Morgan fingerprint density at radius 1 is 1.45 bits per heavy atom. The quantitative estimate of drug-likeness (QED) is 0.867. The zero-order valence-corrected chi connectivity index (χ0v) is 13.1. The van der Waals surface area contributed by atoms with E-state index in [1.807, 2.05) is 0 Å². The molecule has 1 aromatic heterocycles. The van der Waals surface area contributed by atoms with Gasteiger partial charge in [0, 0.05) is 48.4 Å². The molecule has 2 aromatic rings. The van der Waals surface area contributed by atoms with E-state index in [0.717, 1.165) is 19.4 Å². The molecule has 0 saturated carbocycles. The van der Waals surface area contributed by atoms with Crippen LogP contribution in [0.1, 0.15) is 30.4 Å². The van der Waals surface area contributed by atoms with Gasteiger partial charge in [0.2, 0.25) is 0 Å². The summed E-state index contributed by atoms with van der Waals surface area (Å²) >= 11 is 0. The lowest BCUT2D eigenvalue weighted by Crippen LogP contribution is -2.48. The standard InChI is InChI=1S/C18H22N2O2/c1-11(21)22-10-12-6-15-14-4-3-5-16-18(14)13(8-19-16)7-17(15)20(2)9-12/h3-5,8,12,15,17,19H,6-7,9-10H2,1-2H3/t12-,15-,17-/m1/s1. The number of hydrogen-bond donors (Lipinski definition) is 1. The van der Waals surface area contributed by atoms with Crippen molar-refractivity contribution in [3.8, 4) is 0 Å². The topological polar surface area (TPSA) is 45.3 Å². The number of nitrogens with one attached hydrogen (secondary N) is 1. The monoisotopic (exact) mass is 298 g/mol. The van der Waals surface area contributed by atoms with Crippen molar-refractivity contribution in [3.63, 3.8) is 0 Å². The van der Waals surface area contributed by atoms with Gasteiger partial charge in [-0.3, -0.25) is 4.79 Å². The van der Waals surface area contributed by atoms with Crippen LogP contribution in [0, 0.1) is 5.92 Å². The first-order valence-electron chi connectivity index (χ1n) is 8.06. The number of hydrogen-bond acceptors (Lipinski definition) is 3. The Bertz CT molecular complexity index is 721. The maximum Gasteiger partial charge on any atom is 0.302 e. The zero-order chi connectivity index (χ0) is 15.3. The van der Waals surface area contributed by atoms with Crippen LogP contribution < -0.4 is 0 Å². The summed E-state index contributed by atoms with van der Waals surface area (Å²) in [7, 11) is 2.20. The summed E-state index contributed by atoms with van der Waals surface area (Å²) in [4.78, 5) is 17.0. The molecule has 1 aromatic carbocycles. The molecule has 116 valence electrons. The highest BCUT2D eigenvalue weighted by molar-refractivity contribution is 5.88. The molecule has 2 heterocycles. The van der Waals surface area contributed by atoms with Crippen molar-refractivity contribution in [1.29, 1.82) is 0 Å². The number of likely N-dealkylation sites (tertiary alicyclic amines) is 1. The Morgan fingerprint density at radius 2 is 2.32 bits per heavy atom. The van der Waals surface area contributed by atoms with E-state index in [9.17, 15) is 4.79 Å². The van der Waals surface area contributed by atoms with Gasteiger partial charge in [-0.2, -0.15) is 0 Å². The number of benzene rings is 1. The van der Waals surface area contributed by atoms with E-state index in [1.54, 1.807) is 0 Å². The second-order valence-corrected chi connectivity index (χ2v) is 6.81. The van der Waals surface area contributed by atoms with Crippen molar-refractivity contribution >= 4 is 16.9 Å². The number of aromatic nitrogens is 1. The number of rotatable bonds is 2. The smallest absolute Gasteiger partial charge is 0.302 e. The number of carbonyl (C=O) groups is 1. The fourth-order valence-corrected chi connectivity index (χ4v) is 4.41.